The molecular formula is C54H107NO5. The molecule has 0 rings (SSSR count). The van der Waals surface area contributed by atoms with Crippen molar-refractivity contribution < 1.29 is 24.5 Å². The van der Waals surface area contributed by atoms with E-state index in [0.717, 1.165) is 38.5 Å². The quantitative estimate of drug-likeness (QED) is 0.0419. The summed E-state index contributed by atoms with van der Waals surface area (Å²) in [5.74, 6) is -0.449. The van der Waals surface area contributed by atoms with Crippen LogP contribution >= 0.6 is 0 Å². The summed E-state index contributed by atoms with van der Waals surface area (Å²) in [6.45, 7) is 6.52. The molecule has 6 nitrogen and oxygen atoms in total. The van der Waals surface area contributed by atoms with Gasteiger partial charge in [0.2, 0.25) is 5.91 Å². The molecule has 0 radical (unpaired) electrons. The largest absolute Gasteiger partial charge is 0.462 e. The van der Waals surface area contributed by atoms with Crippen LogP contribution in [0.15, 0.2) is 0 Å². The lowest BCUT2D eigenvalue weighted by atomic mass is 10.0. The highest BCUT2D eigenvalue weighted by Gasteiger charge is 2.24. The third-order valence-electron chi connectivity index (χ3n) is 12.9. The molecule has 3 N–H and O–H groups in total. The van der Waals surface area contributed by atoms with E-state index in [-0.39, 0.29) is 24.9 Å². The third kappa shape index (κ3) is 43.5. The fourth-order valence-corrected chi connectivity index (χ4v) is 8.79. The molecular weight excluding hydrogens is 743 g/mol. The first-order valence-electron chi connectivity index (χ1n) is 27.3. The van der Waals surface area contributed by atoms with Gasteiger partial charge in [-0.25, -0.2) is 0 Å². The average molecular weight is 850 g/mol. The fourth-order valence-electron chi connectivity index (χ4n) is 8.79. The second-order valence-electron chi connectivity index (χ2n) is 19.0. The van der Waals surface area contributed by atoms with Gasteiger partial charge in [-0.15, -0.1) is 0 Å². The van der Waals surface area contributed by atoms with Gasteiger partial charge < -0.3 is 20.3 Å². The lowest BCUT2D eigenvalue weighted by Crippen LogP contribution is -2.46. The van der Waals surface area contributed by atoms with Crippen LogP contribution in [0.3, 0.4) is 0 Å². The van der Waals surface area contributed by atoms with Crippen LogP contribution in [0.1, 0.15) is 310 Å². The monoisotopic (exact) mass is 850 g/mol. The minimum absolute atomic E-state index is 0.0878. The number of ether oxygens (including phenoxy) is 1. The molecule has 1 amide bonds. The molecule has 0 saturated heterocycles. The van der Waals surface area contributed by atoms with E-state index in [0.29, 0.717) is 19.3 Å². The van der Waals surface area contributed by atoms with E-state index in [1.165, 1.54) is 225 Å². The summed E-state index contributed by atoms with van der Waals surface area (Å²) in [6, 6.07) is -0.692. The molecule has 0 saturated carbocycles. The Bertz CT molecular complexity index is 867. The fraction of sp³-hybridized carbons (Fsp3) is 0.963. The Labute approximate surface area is 375 Å². The van der Waals surface area contributed by atoms with Crippen LogP contribution in [0.25, 0.3) is 0 Å². The SMILES string of the molecule is CCCCCCCCCCCCCCCCCCCC(=O)OC(CCCCCCCCCCCCC)CC(=O)NC(CO)C(O)CCCCCCCCCCCCCCC. The minimum Gasteiger partial charge on any atom is -0.462 e. The van der Waals surface area contributed by atoms with Gasteiger partial charge in [0.1, 0.15) is 6.10 Å². The average Bonchev–Trinajstić information content (AvgIpc) is 3.24. The number of amides is 1. The van der Waals surface area contributed by atoms with Crippen molar-refractivity contribution in [2.45, 2.75) is 328 Å². The van der Waals surface area contributed by atoms with Crippen molar-refractivity contribution in [2.24, 2.45) is 0 Å². The summed E-state index contributed by atoms with van der Waals surface area (Å²) in [6.07, 6.45) is 53.1. The number of hydrogen-bond donors (Lipinski definition) is 3. The zero-order valence-electron chi connectivity index (χ0n) is 40.9. The van der Waals surface area contributed by atoms with Gasteiger partial charge in [-0.05, 0) is 25.7 Å². The maximum Gasteiger partial charge on any atom is 0.306 e. The summed E-state index contributed by atoms with van der Waals surface area (Å²) >= 11 is 0. The maximum atomic E-state index is 13.2. The molecule has 0 spiro atoms. The molecule has 0 heterocycles. The van der Waals surface area contributed by atoms with Crippen LogP contribution < -0.4 is 5.32 Å². The summed E-state index contributed by atoms with van der Waals surface area (Å²) in [5, 5.41) is 23.8. The predicted octanol–water partition coefficient (Wildman–Crippen LogP) is 16.4. The molecule has 0 aliphatic rings. The van der Waals surface area contributed by atoms with Gasteiger partial charge in [0, 0.05) is 6.42 Å². The number of rotatable bonds is 50. The molecule has 0 aliphatic carbocycles. The van der Waals surface area contributed by atoms with Crippen LogP contribution in [0.5, 0.6) is 0 Å². The van der Waals surface area contributed by atoms with Crippen LogP contribution in [-0.4, -0.2) is 46.9 Å². The normalized spacial score (nSPS) is 13.1. The predicted molar refractivity (Wildman–Crippen MR) is 260 cm³/mol. The summed E-state index contributed by atoms with van der Waals surface area (Å²) < 4.78 is 5.95. The molecule has 0 aromatic heterocycles. The van der Waals surface area contributed by atoms with E-state index in [1.807, 2.05) is 0 Å². The number of carbonyl (C=O) groups excluding carboxylic acids is 2. The summed E-state index contributed by atoms with van der Waals surface area (Å²) in [4.78, 5) is 26.2. The van der Waals surface area contributed by atoms with Crippen molar-refractivity contribution in [3.63, 3.8) is 0 Å². The van der Waals surface area contributed by atoms with E-state index in [1.54, 1.807) is 0 Å². The number of aliphatic hydroxyl groups excluding tert-OH is 2. The number of unbranched alkanes of at least 4 members (excludes halogenated alkanes) is 38. The first-order valence-corrected chi connectivity index (χ1v) is 27.3. The zero-order valence-corrected chi connectivity index (χ0v) is 40.9. The van der Waals surface area contributed by atoms with Crippen molar-refractivity contribution >= 4 is 11.9 Å². The molecule has 6 heteroatoms. The Morgan fingerprint density at radius 1 is 0.417 bits per heavy atom. The highest BCUT2D eigenvalue weighted by Crippen LogP contribution is 2.19. The van der Waals surface area contributed by atoms with Crippen molar-refractivity contribution in [3.8, 4) is 0 Å². The van der Waals surface area contributed by atoms with Crippen molar-refractivity contribution in [1.29, 1.82) is 0 Å². The molecule has 0 fully saturated rings. The Kier molecular flexibility index (Phi) is 48.0. The molecule has 60 heavy (non-hydrogen) atoms. The highest BCUT2D eigenvalue weighted by atomic mass is 16.5. The molecule has 0 bridgehead atoms. The van der Waals surface area contributed by atoms with E-state index in [2.05, 4.69) is 26.1 Å². The number of carbonyl (C=O) groups is 2. The molecule has 0 aromatic rings. The van der Waals surface area contributed by atoms with Gasteiger partial charge >= 0.3 is 5.97 Å². The molecule has 3 unspecified atom stereocenters. The van der Waals surface area contributed by atoms with Gasteiger partial charge in [-0.1, -0.05) is 271 Å². The van der Waals surface area contributed by atoms with Gasteiger partial charge in [-0.2, -0.15) is 0 Å². The standard InChI is InChI=1S/C54H107NO5/c1-4-7-10-13-16-19-22-24-25-26-27-29-32-35-38-41-44-47-54(59)60-50(45-42-39-36-33-30-21-18-15-12-9-6-3)48-53(58)55-51(49-56)52(57)46-43-40-37-34-31-28-23-20-17-14-11-8-5-2/h50-52,56-57H,4-49H2,1-3H3,(H,55,58). The number of esters is 1. The second-order valence-corrected chi connectivity index (χ2v) is 19.0. The Hall–Kier alpha value is -1.14. The van der Waals surface area contributed by atoms with E-state index in [9.17, 15) is 19.8 Å². The third-order valence-corrected chi connectivity index (χ3v) is 12.9. The minimum atomic E-state index is -0.779. The Morgan fingerprint density at radius 2 is 0.700 bits per heavy atom. The van der Waals surface area contributed by atoms with Crippen molar-refractivity contribution in [2.75, 3.05) is 6.61 Å². The topological polar surface area (TPSA) is 95.9 Å². The molecule has 358 valence electrons. The number of hydrogen-bond acceptors (Lipinski definition) is 5. The smallest absolute Gasteiger partial charge is 0.306 e. The molecule has 0 aliphatic heterocycles. The van der Waals surface area contributed by atoms with Gasteiger partial charge in [0.05, 0.1) is 25.2 Å². The van der Waals surface area contributed by atoms with Crippen molar-refractivity contribution in [3.05, 3.63) is 0 Å². The van der Waals surface area contributed by atoms with Crippen LogP contribution in [0.2, 0.25) is 0 Å². The van der Waals surface area contributed by atoms with E-state index in [4.69, 9.17) is 4.74 Å². The lowest BCUT2D eigenvalue weighted by molar-refractivity contribution is -0.151. The summed E-state index contributed by atoms with van der Waals surface area (Å²) in [5.41, 5.74) is 0. The van der Waals surface area contributed by atoms with E-state index < -0.39 is 18.2 Å². The first kappa shape index (κ1) is 58.9. The zero-order chi connectivity index (χ0) is 43.8. The van der Waals surface area contributed by atoms with Crippen molar-refractivity contribution in [1.82, 2.24) is 5.32 Å². The Morgan fingerprint density at radius 3 is 1.02 bits per heavy atom. The van der Waals surface area contributed by atoms with Gasteiger partial charge in [0.15, 0.2) is 0 Å². The number of nitrogens with one attached hydrogen (secondary N) is 1. The van der Waals surface area contributed by atoms with Gasteiger partial charge in [0.25, 0.3) is 0 Å². The lowest BCUT2D eigenvalue weighted by Gasteiger charge is -2.24. The van der Waals surface area contributed by atoms with E-state index >= 15 is 0 Å². The van der Waals surface area contributed by atoms with Crippen LogP contribution in [-0.2, 0) is 14.3 Å². The van der Waals surface area contributed by atoms with Crippen LogP contribution in [0, 0.1) is 0 Å². The maximum absolute atomic E-state index is 13.2. The Balaban J connectivity index is 4.43. The molecule has 3 atom stereocenters. The van der Waals surface area contributed by atoms with Gasteiger partial charge in [-0.3, -0.25) is 9.59 Å². The number of aliphatic hydroxyl groups is 2. The summed E-state index contributed by atoms with van der Waals surface area (Å²) in [7, 11) is 0. The molecule has 0 aromatic carbocycles. The first-order chi connectivity index (χ1) is 29.5. The second kappa shape index (κ2) is 48.9. The van der Waals surface area contributed by atoms with Crippen LogP contribution in [0.4, 0.5) is 0 Å². The highest BCUT2D eigenvalue weighted by molar-refractivity contribution is 5.77.